The molecule has 0 aliphatic rings. The topological polar surface area (TPSA) is 78.9 Å². The van der Waals surface area contributed by atoms with Crippen LogP contribution in [-0.4, -0.2) is 22.9 Å². The third-order valence-electron chi connectivity index (χ3n) is 2.63. The van der Waals surface area contributed by atoms with Crippen LogP contribution in [0.5, 0.6) is 0 Å². The standard InChI is InChI=1S/C13H15N5/c1-9-7-16-13(17-8-9)18(2)11-5-3-10(4-6-11)12(14)15/h3-8H,1-2H3,(H3,14,15). The van der Waals surface area contributed by atoms with Gasteiger partial charge in [-0.05, 0) is 36.8 Å². The second-order valence-electron chi connectivity index (χ2n) is 4.08. The van der Waals surface area contributed by atoms with Crippen molar-refractivity contribution in [2.75, 3.05) is 11.9 Å². The molecular weight excluding hydrogens is 226 g/mol. The molecule has 0 saturated carbocycles. The van der Waals surface area contributed by atoms with Gasteiger partial charge in [0, 0.05) is 30.7 Å². The van der Waals surface area contributed by atoms with Crippen LogP contribution in [0, 0.1) is 12.3 Å². The van der Waals surface area contributed by atoms with Crippen molar-refractivity contribution >= 4 is 17.5 Å². The van der Waals surface area contributed by atoms with Crippen LogP contribution in [0.15, 0.2) is 36.7 Å². The summed E-state index contributed by atoms with van der Waals surface area (Å²) in [6.07, 6.45) is 3.56. The first kappa shape index (κ1) is 12.0. The summed E-state index contributed by atoms with van der Waals surface area (Å²) in [4.78, 5) is 10.4. The molecule has 3 N–H and O–H groups in total. The highest BCUT2D eigenvalue weighted by Crippen LogP contribution is 2.19. The molecule has 18 heavy (non-hydrogen) atoms. The van der Waals surface area contributed by atoms with Crippen LogP contribution in [0.4, 0.5) is 11.6 Å². The lowest BCUT2D eigenvalue weighted by Crippen LogP contribution is -2.14. The molecule has 0 saturated heterocycles. The zero-order chi connectivity index (χ0) is 13.1. The van der Waals surface area contributed by atoms with Crippen LogP contribution < -0.4 is 10.6 Å². The van der Waals surface area contributed by atoms with E-state index in [9.17, 15) is 0 Å². The van der Waals surface area contributed by atoms with E-state index < -0.39 is 0 Å². The summed E-state index contributed by atoms with van der Waals surface area (Å²) in [5.41, 5.74) is 8.09. The van der Waals surface area contributed by atoms with Crippen molar-refractivity contribution in [3.8, 4) is 0 Å². The highest BCUT2D eigenvalue weighted by Gasteiger charge is 2.06. The maximum atomic E-state index is 7.34. The van der Waals surface area contributed by atoms with Gasteiger partial charge in [0.05, 0.1) is 0 Å². The van der Waals surface area contributed by atoms with Gasteiger partial charge in [-0.3, -0.25) is 5.41 Å². The van der Waals surface area contributed by atoms with Crippen LogP contribution in [0.1, 0.15) is 11.1 Å². The molecule has 0 amide bonds. The molecule has 1 aromatic heterocycles. The van der Waals surface area contributed by atoms with E-state index in [0.29, 0.717) is 11.5 Å². The first-order valence-electron chi connectivity index (χ1n) is 5.55. The highest BCUT2D eigenvalue weighted by atomic mass is 15.2. The fourth-order valence-electron chi connectivity index (χ4n) is 1.54. The van der Waals surface area contributed by atoms with E-state index in [4.69, 9.17) is 11.1 Å². The maximum absolute atomic E-state index is 7.34. The number of aromatic nitrogens is 2. The summed E-state index contributed by atoms with van der Waals surface area (Å²) in [5.74, 6) is 0.701. The second kappa shape index (κ2) is 4.83. The first-order chi connectivity index (χ1) is 8.58. The SMILES string of the molecule is Cc1cnc(N(C)c2ccc(C(=N)N)cc2)nc1. The smallest absolute Gasteiger partial charge is 0.229 e. The summed E-state index contributed by atoms with van der Waals surface area (Å²) >= 11 is 0. The maximum Gasteiger partial charge on any atom is 0.229 e. The fraction of sp³-hybridized carbons (Fsp3) is 0.154. The molecular formula is C13H15N5. The van der Waals surface area contributed by atoms with Crippen molar-refractivity contribution in [1.29, 1.82) is 5.41 Å². The third-order valence-corrected chi connectivity index (χ3v) is 2.63. The van der Waals surface area contributed by atoms with E-state index >= 15 is 0 Å². The zero-order valence-electron chi connectivity index (χ0n) is 10.4. The Morgan fingerprint density at radius 3 is 2.22 bits per heavy atom. The van der Waals surface area contributed by atoms with Gasteiger partial charge in [-0.1, -0.05) is 0 Å². The van der Waals surface area contributed by atoms with Gasteiger partial charge in [0.2, 0.25) is 5.95 Å². The van der Waals surface area contributed by atoms with Crippen molar-refractivity contribution in [3.05, 3.63) is 47.8 Å². The summed E-state index contributed by atoms with van der Waals surface area (Å²) in [6.45, 7) is 1.95. The molecule has 0 radical (unpaired) electrons. The number of rotatable bonds is 3. The Balaban J connectivity index is 2.25. The molecule has 0 aliphatic carbocycles. The number of nitrogens with two attached hydrogens (primary N) is 1. The average Bonchev–Trinajstić information content (AvgIpc) is 2.39. The number of hydrogen-bond acceptors (Lipinski definition) is 4. The van der Waals surface area contributed by atoms with Gasteiger partial charge in [0.1, 0.15) is 5.84 Å². The Kier molecular flexibility index (Phi) is 3.23. The van der Waals surface area contributed by atoms with Crippen LogP contribution >= 0.6 is 0 Å². The Bertz CT molecular complexity index is 545. The van der Waals surface area contributed by atoms with Crippen LogP contribution in [0.25, 0.3) is 0 Å². The number of benzene rings is 1. The minimum absolute atomic E-state index is 0.0655. The monoisotopic (exact) mass is 241 g/mol. The minimum atomic E-state index is 0.0655. The highest BCUT2D eigenvalue weighted by molar-refractivity contribution is 5.95. The van der Waals surface area contributed by atoms with Crippen molar-refractivity contribution in [3.63, 3.8) is 0 Å². The number of anilines is 2. The molecule has 2 rings (SSSR count). The van der Waals surface area contributed by atoms with Crippen molar-refractivity contribution in [1.82, 2.24) is 9.97 Å². The van der Waals surface area contributed by atoms with Gasteiger partial charge in [-0.15, -0.1) is 0 Å². The Labute approximate surface area is 106 Å². The van der Waals surface area contributed by atoms with E-state index in [1.165, 1.54) is 0 Å². The Hall–Kier alpha value is -2.43. The van der Waals surface area contributed by atoms with Crippen molar-refractivity contribution in [2.45, 2.75) is 6.92 Å². The quantitative estimate of drug-likeness (QED) is 0.634. The number of hydrogen-bond donors (Lipinski definition) is 2. The lowest BCUT2D eigenvalue weighted by Gasteiger charge is -2.17. The fourth-order valence-corrected chi connectivity index (χ4v) is 1.54. The van der Waals surface area contributed by atoms with Gasteiger partial charge in [0.25, 0.3) is 0 Å². The van der Waals surface area contributed by atoms with Gasteiger partial charge in [-0.2, -0.15) is 0 Å². The number of amidine groups is 1. The van der Waals surface area contributed by atoms with Crippen molar-refractivity contribution in [2.24, 2.45) is 5.73 Å². The molecule has 0 aliphatic heterocycles. The predicted octanol–water partition coefficient (Wildman–Crippen LogP) is 1.84. The summed E-state index contributed by atoms with van der Waals surface area (Å²) < 4.78 is 0. The number of nitrogens with one attached hydrogen (secondary N) is 1. The van der Waals surface area contributed by atoms with Gasteiger partial charge >= 0.3 is 0 Å². The Morgan fingerprint density at radius 1 is 1.17 bits per heavy atom. The van der Waals surface area contributed by atoms with Gasteiger partial charge < -0.3 is 10.6 Å². The molecule has 0 spiro atoms. The van der Waals surface area contributed by atoms with E-state index in [1.807, 2.05) is 43.1 Å². The van der Waals surface area contributed by atoms with Crippen LogP contribution in [0.2, 0.25) is 0 Å². The van der Waals surface area contributed by atoms with E-state index in [0.717, 1.165) is 11.3 Å². The average molecular weight is 241 g/mol. The molecule has 5 heteroatoms. The minimum Gasteiger partial charge on any atom is -0.384 e. The largest absolute Gasteiger partial charge is 0.384 e. The van der Waals surface area contributed by atoms with Crippen LogP contribution in [-0.2, 0) is 0 Å². The lowest BCUT2D eigenvalue weighted by atomic mass is 10.2. The molecule has 0 unspecified atom stereocenters. The number of nitrogen functional groups attached to an aromatic ring is 1. The number of nitrogens with zero attached hydrogens (tertiary/aromatic N) is 3. The van der Waals surface area contributed by atoms with Gasteiger partial charge in [0.15, 0.2) is 0 Å². The van der Waals surface area contributed by atoms with Gasteiger partial charge in [-0.25, -0.2) is 9.97 Å². The molecule has 1 aromatic carbocycles. The molecule has 0 atom stereocenters. The Morgan fingerprint density at radius 2 is 1.72 bits per heavy atom. The van der Waals surface area contributed by atoms with Crippen molar-refractivity contribution < 1.29 is 0 Å². The predicted molar refractivity (Wildman–Crippen MR) is 72.3 cm³/mol. The summed E-state index contributed by atoms with van der Waals surface area (Å²) in [7, 11) is 1.90. The zero-order valence-corrected chi connectivity index (χ0v) is 10.4. The number of aryl methyl sites for hydroxylation is 1. The van der Waals surface area contributed by atoms with E-state index in [2.05, 4.69) is 9.97 Å². The van der Waals surface area contributed by atoms with E-state index in [1.54, 1.807) is 12.4 Å². The van der Waals surface area contributed by atoms with Crippen LogP contribution in [0.3, 0.4) is 0 Å². The van der Waals surface area contributed by atoms with E-state index in [-0.39, 0.29) is 5.84 Å². The molecule has 5 nitrogen and oxygen atoms in total. The molecule has 0 bridgehead atoms. The molecule has 0 fully saturated rings. The molecule has 92 valence electrons. The summed E-state index contributed by atoms with van der Waals surface area (Å²) in [5, 5.41) is 7.34. The lowest BCUT2D eigenvalue weighted by molar-refractivity contribution is 1.03. The normalized spacial score (nSPS) is 10.1. The second-order valence-corrected chi connectivity index (χ2v) is 4.08. The summed E-state index contributed by atoms with van der Waals surface area (Å²) in [6, 6.07) is 7.39. The first-order valence-corrected chi connectivity index (χ1v) is 5.55. The third kappa shape index (κ3) is 2.45. The molecule has 1 heterocycles. The molecule has 2 aromatic rings.